The molecule has 1 aliphatic heterocycles. The van der Waals surface area contributed by atoms with Crippen molar-refractivity contribution < 1.29 is 9.90 Å². The van der Waals surface area contributed by atoms with Gasteiger partial charge in [0, 0.05) is 13.5 Å². The molecule has 0 spiro atoms. The topological polar surface area (TPSA) is 49.3 Å². The molecule has 1 fully saturated rings. The van der Waals surface area contributed by atoms with Crippen LogP contribution in [-0.4, -0.2) is 31.6 Å². The Morgan fingerprint density at radius 1 is 1.70 bits per heavy atom. The number of hydrogen-bond donors (Lipinski definition) is 2. The number of carbonyl (C=O) groups is 1. The molecule has 0 aromatic rings. The number of aliphatic hydroxyl groups is 1. The molecule has 3 heteroatoms. The van der Waals surface area contributed by atoms with E-state index in [9.17, 15) is 4.79 Å². The average molecular weight is 145 g/mol. The van der Waals surface area contributed by atoms with E-state index in [0.717, 1.165) is 32.9 Å². The molecule has 0 aromatic carbocycles. The quantitative estimate of drug-likeness (QED) is 0.529. The summed E-state index contributed by atoms with van der Waals surface area (Å²) in [5, 5.41) is 10.2. The smallest absolute Gasteiger partial charge is 0.120 e. The Morgan fingerprint density at radius 3 is 2.80 bits per heavy atom. The van der Waals surface area contributed by atoms with E-state index in [4.69, 9.17) is 5.11 Å². The largest absolute Gasteiger partial charge is 0.400 e. The van der Waals surface area contributed by atoms with Gasteiger partial charge < -0.3 is 15.2 Å². The van der Waals surface area contributed by atoms with Gasteiger partial charge >= 0.3 is 0 Å². The van der Waals surface area contributed by atoms with Crippen molar-refractivity contribution in [3.05, 3.63) is 0 Å². The zero-order chi connectivity index (χ0) is 7.82. The van der Waals surface area contributed by atoms with Crippen molar-refractivity contribution >= 4 is 6.29 Å². The first kappa shape index (κ1) is 9.59. The molecule has 0 aromatic heterocycles. The van der Waals surface area contributed by atoms with Gasteiger partial charge in [-0.15, -0.1) is 0 Å². The van der Waals surface area contributed by atoms with Gasteiger partial charge in [0.1, 0.15) is 6.29 Å². The van der Waals surface area contributed by atoms with E-state index in [1.165, 1.54) is 6.42 Å². The summed E-state index contributed by atoms with van der Waals surface area (Å²) < 4.78 is 0. The highest BCUT2D eigenvalue weighted by Gasteiger charge is 2.12. The third-order valence-corrected chi connectivity index (χ3v) is 1.59. The van der Waals surface area contributed by atoms with Crippen LogP contribution in [0.5, 0.6) is 0 Å². The van der Waals surface area contributed by atoms with E-state index >= 15 is 0 Å². The van der Waals surface area contributed by atoms with Gasteiger partial charge in [0.25, 0.3) is 0 Å². The van der Waals surface area contributed by atoms with E-state index < -0.39 is 0 Å². The highest BCUT2D eigenvalue weighted by molar-refractivity contribution is 5.49. The molecule has 0 radical (unpaired) electrons. The maximum absolute atomic E-state index is 9.93. The zero-order valence-electron chi connectivity index (χ0n) is 6.34. The molecule has 0 amide bonds. The van der Waals surface area contributed by atoms with Crippen LogP contribution in [0.4, 0.5) is 0 Å². The van der Waals surface area contributed by atoms with Crippen molar-refractivity contribution in [1.82, 2.24) is 5.32 Å². The van der Waals surface area contributed by atoms with Crippen molar-refractivity contribution in [2.45, 2.75) is 12.8 Å². The number of aliphatic hydroxyl groups excluding tert-OH is 1. The summed E-state index contributed by atoms with van der Waals surface area (Å²) in [5.74, 6) is 0.632. The number of hydrogen-bond acceptors (Lipinski definition) is 3. The summed E-state index contributed by atoms with van der Waals surface area (Å²) in [4.78, 5) is 9.93. The maximum atomic E-state index is 9.93. The molecule has 1 unspecified atom stereocenters. The summed E-state index contributed by atoms with van der Waals surface area (Å²) in [6.45, 7) is 2.14. The molecule has 1 rings (SSSR count). The van der Waals surface area contributed by atoms with E-state index in [1.807, 2.05) is 0 Å². The molecule has 1 heterocycles. The molecule has 3 nitrogen and oxygen atoms in total. The fourth-order valence-corrected chi connectivity index (χ4v) is 1.05. The minimum atomic E-state index is 0.632. The van der Waals surface area contributed by atoms with E-state index in [-0.39, 0.29) is 0 Å². The van der Waals surface area contributed by atoms with Gasteiger partial charge in [-0.2, -0.15) is 0 Å². The van der Waals surface area contributed by atoms with Gasteiger partial charge in [-0.1, -0.05) is 0 Å². The standard InChI is InChI=1S/C6H11NO.CH4O/c8-4-2-6-1-3-7-5-6;1-2/h4,6-7H,1-3,5H2;2H,1H3. The van der Waals surface area contributed by atoms with Gasteiger partial charge in [0.05, 0.1) is 0 Å². The predicted molar refractivity (Wildman–Crippen MR) is 39.8 cm³/mol. The third kappa shape index (κ3) is 3.58. The minimum Gasteiger partial charge on any atom is -0.400 e. The van der Waals surface area contributed by atoms with Crippen LogP contribution in [0, 0.1) is 5.92 Å². The number of carbonyl (C=O) groups excluding carboxylic acids is 1. The van der Waals surface area contributed by atoms with Gasteiger partial charge in [-0.25, -0.2) is 0 Å². The monoisotopic (exact) mass is 145 g/mol. The second kappa shape index (κ2) is 6.71. The number of rotatable bonds is 2. The Morgan fingerprint density at radius 2 is 2.40 bits per heavy atom. The van der Waals surface area contributed by atoms with Gasteiger partial charge in [-0.05, 0) is 25.4 Å². The first-order valence-corrected chi connectivity index (χ1v) is 3.52. The highest BCUT2D eigenvalue weighted by Crippen LogP contribution is 2.09. The normalized spacial score (nSPS) is 23.2. The van der Waals surface area contributed by atoms with Crippen LogP contribution in [0.3, 0.4) is 0 Å². The van der Waals surface area contributed by atoms with Crippen LogP contribution in [0.15, 0.2) is 0 Å². The van der Waals surface area contributed by atoms with E-state index in [2.05, 4.69) is 5.32 Å². The Balaban J connectivity index is 0.000000371. The van der Waals surface area contributed by atoms with Gasteiger partial charge in [0.2, 0.25) is 0 Å². The van der Waals surface area contributed by atoms with Crippen LogP contribution >= 0.6 is 0 Å². The fraction of sp³-hybridized carbons (Fsp3) is 0.857. The fourth-order valence-electron chi connectivity index (χ4n) is 1.05. The molecule has 0 aliphatic carbocycles. The minimum absolute atomic E-state index is 0.632. The highest BCUT2D eigenvalue weighted by atomic mass is 16.2. The maximum Gasteiger partial charge on any atom is 0.120 e. The molecular formula is C7H15NO2. The van der Waals surface area contributed by atoms with Crippen LogP contribution in [0.2, 0.25) is 0 Å². The average Bonchev–Trinajstić information content (AvgIpc) is 2.46. The number of aldehydes is 1. The lowest BCUT2D eigenvalue weighted by Crippen LogP contribution is -2.08. The molecule has 60 valence electrons. The molecule has 0 bridgehead atoms. The summed E-state index contributed by atoms with van der Waals surface area (Å²) in [5.41, 5.74) is 0. The number of nitrogens with one attached hydrogen (secondary N) is 1. The lowest BCUT2D eigenvalue weighted by Gasteiger charge is -1.98. The Hall–Kier alpha value is -0.410. The van der Waals surface area contributed by atoms with E-state index in [1.54, 1.807) is 0 Å². The van der Waals surface area contributed by atoms with Gasteiger partial charge in [0.15, 0.2) is 0 Å². The van der Waals surface area contributed by atoms with Crippen molar-refractivity contribution in [3.8, 4) is 0 Å². The Labute approximate surface area is 61.4 Å². The van der Waals surface area contributed by atoms with E-state index in [0.29, 0.717) is 5.92 Å². The summed E-state index contributed by atoms with van der Waals surface area (Å²) in [7, 11) is 1.00. The van der Waals surface area contributed by atoms with Crippen LogP contribution < -0.4 is 5.32 Å². The van der Waals surface area contributed by atoms with Gasteiger partial charge in [-0.3, -0.25) is 0 Å². The lowest BCUT2D eigenvalue weighted by atomic mass is 10.1. The van der Waals surface area contributed by atoms with Crippen molar-refractivity contribution in [3.63, 3.8) is 0 Å². The summed E-state index contributed by atoms with van der Waals surface area (Å²) in [6, 6.07) is 0. The third-order valence-electron chi connectivity index (χ3n) is 1.59. The van der Waals surface area contributed by atoms with Crippen LogP contribution in [0.1, 0.15) is 12.8 Å². The van der Waals surface area contributed by atoms with Crippen molar-refractivity contribution in [1.29, 1.82) is 0 Å². The van der Waals surface area contributed by atoms with Crippen molar-refractivity contribution in [2.75, 3.05) is 20.2 Å². The van der Waals surface area contributed by atoms with Crippen LogP contribution in [-0.2, 0) is 4.79 Å². The second-order valence-electron chi connectivity index (χ2n) is 2.26. The summed E-state index contributed by atoms with van der Waals surface area (Å²) in [6.07, 6.45) is 2.93. The van der Waals surface area contributed by atoms with Crippen molar-refractivity contribution in [2.24, 2.45) is 5.92 Å². The Bertz CT molecular complexity index is 79.7. The first-order valence-electron chi connectivity index (χ1n) is 3.52. The predicted octanol–water partition coefficient (Wildman–Crippen LogP) is -0.207. The molecule has 1 saturated heterocycles. The lowest BCUT2D eigenvalue weighted by molar-refractivity contribution is -0.108. The molecular weight excluding hydrogens is 130 g/mol. The SMILES string of the molecule is CO.O=CCC1CCNC1. The molecule has 1 atom stereocenters. The molecule has 2 N–H and O–H groups in total. The molecule has 10 heavy (non-hydrogen) atoms. The van der Waals surface area contributed by atoms with Crippen LogP contribution in [0.25, 0.3) is 0 Å². The Kier molecular flexibility index (Phi) is 6.43. The molecule has 0 saturated carbocycles. The molecule has 1 aliphatic rings. The first-order chi connectivity index (χ1) is 4.93. The second-order valence-corrected chi connectivity index (χ2v) is 2.26. The summed E-state index contributed by atoms with van der Waals surface area (Å²) >= 11 is 0. The zero-order valence-corrected chi connectivity index (χ0v) is 6.34.